The van der Waals surface area contributed by atoms with Crippen molar-refractivity contribution >= 4 is 33.2 Å². The third-order valence-electron chi connectivity index (χ3n) is 3.23. The molecule has 1 aliphatic carbocycles. The molecule has 0 heterocycles. The Labute approximate surface area is 128 Å². The molecule has 0 spiro atoms. The average molecular weight is 339 g/mol. The van der Waals surface area contributed by atoms with Crippen LogP contribution in [0.2, 0.25) is 10.0 Å². The Morgan fingerprint density at radius 3 is 2.50 bits per heavy atom. The van der Waals surface area contributed by atoms with Crippen molar-refractivity contribution in [2.75, 3.05) is 6.61 Å². The number of sulfonamides is 1. The highest BCUT2D eigenvalue weighted by Gasteiger charge is 2.42. The van der Waals surface area contributed by atoms with Crippen LogP contribution in [0.5, 0.6) is 0 Å². The van der Waals surface area contributed by atoms with E-state index in [-0.39, 0.29) is 27.1 Å². The van der Waals surface area contributed by atoms with Crippen molar-refractivity contribution in [3.8, 4) is 0 Å². The first-order valence-corrected chi connectivity index (χ1v) is 8.44. The van der Waals surface area contributed by atoms with Crippen LogP contribution in [0.3, 0.4) is 0 Å². The first-order valence-electron chi connectivity index (χ1n) is 6.20. The molecule has 0 aliphatic heterocycles. The Balaban J connectivity index is 2.23. The molecule has 5 nitrogen and oxygen atoms in total. The molecule has 1 aromatic rings. The van der Waals surface area contributed by atoms with Crippen molar-refractivity contribution in [2.24, 2.45) is 5.73 Å². The Kier molecular flexibility index (Phi) is 4.94. The van der Waals surface area contributed by atoms with Gasteiger partial charge in [0.1, 0.15) is 4.90 Å². The van der Waals surface area contributed by atoms with Gasteiger partial charge in [-0.3, -0.25) is 0 Å². The summed E-state index contributed by atoms with van der Waals surface area (Å²) >= 11 is 11.9. The predicted molar refractivity (Wildman–Crippen MR) is 78.6 cm³/mol. The lowest BCUT2D eigenvalue weighted by Gasteiger charge is -2.42. The van der Waals surface area contributed by atoms with Crippen LogP contribution in [0.15, 0.2) is 23.1 Å². The Bertz CT molecular complexity index is 572. The zero-order chi connectivity index (χ0) is 14.9. The summed E-state index contributed by atoms with van der Waals surface area (Å²) in [6.07, 6.45) is 0.406. The summed E-state index contributed by atoms with van der Waals surface area (Å²) in [6, 6.07) is 3.79. The molecule has 0 aromatic heterocycles. The van der Waals surface area contributed by atoms with Gasteiger partial charge in [-0.25, -0.2) is 13.1 Å². The normalized spacial score (nSPS) is 26.3. The van der Waals surface area contributed by atoms with Crippen LogP contribution in [-0.4, -0.2) is 33.2 Å². The Hall–Kier alpha value is -0.370. The number of hydrogen-bond acceptors (Lipinski definition) is 4. The highest BCUT2D eigenvalue weighted by molar-refractivity contribution is 7.89. The van der Waals surface area contributed by atoms with Crippen LogP contribution in [-0.2, 0) is 14.8 Å². The zero-order valence-corrected chi connectivity index (χ0v) is 13.2. The molecular formula is C12H16Cl2N2O3S. The second-order valence-electron chi connectivity index (χ2n) is 4.59. The molecule has 112 valence electrons. The lowest BCUT2D eigenvalue weighted by Crippen LogP contribution is -2.64. The predicted octanol–water partition coefficient (Wildman–Crippen LogP) is 1.78. The Morgan fingerprint density at radius 1 is 1.40 bits per heavy atom. The molecule has 1 fully saturated rings. The fourth-order valence-corrected chi connectivity index (χ4v) is 4.63. The third-order valence-corrected chi connectivity index (χ3v) is 5.64. The third kappa shape index (κ3) is 3.10. The van der Waals surface area contributed by atoms with Crippen LogP contribution in [0.25, 0.3) is 0 Å². The van der Waals surface area contributed by atoms with Gasteiger partial charge in [0, 0.05) is 12.6 Å². The minimum absolute atomic E-state index is 0.0749. The van der Waals surface area contributed by atoms with E-state index >= 15 is 0 Å². The monoisotopic (exact) mass is 338 g/mol. The van der Waals surface area contributed by atoms with Gasteiger partial charge in [-0.2, -0.15) is 0 Å². The number of rotatable bonds is 5. The average Bonchev–Trinajstić information content (AvgIpc) is 2.36. The summed E-state index contributed by atoms with van der Waals surface area (Å²) in [5, 5.41) is 0.150. The standard InChI is InChI=1S/C12H16Cl2N2O3S/c1-2-19-10-6-9(15)11(10)16-20(17,18)12-7(13)4-3-5-8(12)14/h3-5,9-11,16H,2,6,15H2,1H3. The molecule has 1 saturated carbocycles. The van der Waals surface area contributed by atoms with Crippen molar-refractivity contribution in [1.82, 2.24) is 4.72 Å². The zero-order valence-electron chi connectivity index (χ0n) is 10.8. The van der Waals surface area contributed by atoms with Crippen LogP contribution >= 0.6 is 23.2 Å². The molecule has 20 heavy (non-hydrogen) atoms. The van der Waals surface area contributed by atoms with Crippen molar-refractivity contribution in [2.45, 2.75) is 36.4 Å². The Morgan fingerprint density at radius 2 is 2.00 bits per heavy atom. The van der Waals surface area contributed by atoms with E-state index < -0.39 is 16.1 Å². The van der Waals surface area contributed by atoms with Gasteiger partial charge in [-0.05, 0) is 25.5 Å². The van der Waals surface area contributed by atoms with E-state index in [0.717, 1.165) is 0 Å². The number of halogens is 2. The maximum absolute atomic E-state index is 12.4. The lowest BCUT2D eigenvalue weighted by molar-refractivity contribution is -0.0248. The van der Waals surface area contributed by atoms with Gasteiger partial charge in [-0.15, -0.1) is 0 Å². The number of benzene rings is 1. The molecule has 0 amide bonds. The van der Waals surface area contributed by atoms with Crippen LogP contribution in [0.4, 0.5) is 0 Å². The topological polar surface area (TPSA) is 81.4 Å². The van der Waals surface area contributed by atoms with Crippen molar-refractivity contribution in [3.63, 3.8) is 0 Å². The summed E-state index contributed by atoms with van der Waals surface area (Å²) in [4.78, 5) is -0.127. The van der Waals surface area contributed by atoms with Gasteiger partial charge in [0.05, 0.1) is 22.2 Å². The molecule has 3 unspecified atom stereocenters. The molecule has 0 radical (unpaired) electrons. The van der Waals surface area contributed by atoms with E-state index in [4.69, 9.17) is 33.7 Å². The summed E-state index contributed by atoms with van der Waals surface area (Å²) < 4.78 is 32.7. The molecule has 8 heteroatoms. The van der Waals surface area contributed by atoms with E-state index in [9.17, 15) is 8.42 Å². The van der Waals surface area contributed by atoms with Gasteiger partial charge < -0.3 is 10.5 Å². The maximum atomic E-state index is 12.4. The highest BCUT2D eigenvalue weighted by Crippen LogP contribution is 2.31. The number of hydrogen-bond donors (Lipinski definition) is 2. The molecule has 1 aliphatic rings. The minimum Gasteiger partial charge on any atom is -0.377 e. The first kappa shape index (κ1) is 16.0. The summed E-state index contributed by atoms with van der Waals surface area (Å²) in [6.45, 7) is 2.35. The van der Waals surface area contributed by atoms with Crippen molar-refractivity contribution in [1.29, 1.82) is 0 Å². The molecule has 2 rings (SSSR count). The van der Waals surface area contributed by atoms with Crippen molar-refractivity contribution < 1.29 is 13.2 Å². The maximum Gasteiger partial charge on any atom is 0.243 e. The van der Waals surface area contributed by atoms with Crippen molar-refractivity contribution in [3.05, 3.63) is 28.2 Å². The van der Waals surface area contributed by atoms with Crippen LogP contribution in [0.1, 0.15) is 13.3 Å². The number of nitrogens with two attached hydrogens (primary N) is 1. The summed E-state index contributed by atoms with van der Waals surface area (Å²) in [5.74, 6) is 0. The van der Waals surface area contributed by atoms with E-state index in [1.165, 1.54) is 12.1 Å². The largest absolute Gasteiger partial charge is 0.377 e. The smallest absolute Gasteiger partial charge is 0.243 e. The molecule has 3 N–H and O–H groups in total. The fourth-order valence-electron chi connectivity index (χ4n) is 2.17. The lowest BCUT2D eigenvalue weighted by atomic mass is 9.84. The van der Waals surface area contributed by atoms with Gasteiger partial charge >= 0.3 is 0 Å². The second-order valence-corrected chi connectivity index (χ2v) is 7.06. The van der Waals surface area contributed by atoms with Gasteiger partial charge in [-0.1, -0.05) is 29.3 Å². The quantitative estimate of drug-likeness (QED) is 0.857. The molecule has 0 saturated heterocycles. The number of ether oxygens (including phenoxy) is 1. The van der Waals surface area contributed by atoms with Gasteiger partial charge in [0.2, 0.25) is 10.0 Å². The first-order chi connectivity index (χ1) is 9.36. The summed E-state index contributed by atoms with van der Waals surface area (Å²) in [7, 11) is -3.84. The van der Waals surface area contributed by atoms with Gasteiger partial charge in [0.25, 0.3) is 0 Å². The minimum atomic E-state index is -3.84. The van der Waals surface area contributed by atoms with E-state index in [1.54, 1.807) is 6.07 Å². The molecule has 0 bridgehead atoms. The van der Waals surface area contributed by atoms with E-state index in [2.05, 4.69) is 4.72 Å². The number of nitrogens with one attached hydrogen (secondary N) is 1. The van der Waals surface area contributed by atoms with E-state index in [1.807, 2.05) is 6.92 Å². The van der Waals surface area contributed by atoms with Gasteiger partial charge in [0.15, 0.2) is 0 Å². The molecule has 1 aromatic carbocycles. The highest BCUT2D eigenvalue weighted by atomic mass is 35.5. The van der Waals surface area contributed by atoms with Crippen LogP contribution < -0.4 is 10.5 Å². The van der Waals surface area contributed by atoms with E-state index in [0.29, 0.717) is 13.0 Å². The SMILES string of the molecule is CCOC1CC(N)C1NS(=O)(=O)c1c(Cl)cccc1Cl. The molecule has 3 atom stereocenters. The summed E-state index contributed by atoms with van der Waals surface area (Å²) in [5.41, 5.74) is 5.83. The molecular weight excluding hydrogens is 323 g/mol. The second kappa shape index (κ2) is 6.17. The van der Waals surface area contributed by atoms with Crippen LogP contribution in [0, 0.1) is 0 Å². The fraction of sp³-hybridized carbons (Fsp3) is 0.500.